The third-order valence-electron chi connectivity index (χ3n) is 3.56. The molecule has 2 nitrogen and oxygen atoms in total. The van der Waals surface area contributed by atoms with Gasteiger partial charge in [0.05, 0.1) is 13.5 Å². The summed E-state index contributed by atoms with van der Waals surface area (Å²) >= 11 is 0. The molecule has 1 aliphatic rings. The third-order valence-corrected chi connectivity index (χ3v) is 3.56. The molecule has 106 valence electrons. The minimum absolute atomic E-state index is 0.438. The summed E-state index contributed by atoms with van der Waals surface area (Å²) in [5.74, 6) is 0.729. The van der Waals surface area contributed by atoms with Crippen LogP contribution in [-0.4, -0.2) is 25.9 Å². The van der Waals surface area contributed by atoms with Gasteiger partial charge in [-0.05, 0) is 43.5 Å². The lowest BCUT2D eigenvalue weighted by molar-refractivity contribution is -0.137. The van der Waals surface area contributed by atoms with E-state index in [0.717, 1.165) is 23.4 Å². The van der Waals surface area contributed by atoms with E-state index < -0.39 is 18.6 Å². The van der Waals surface area contributed by atoms with Crippen molar-refractivity contribution in [3.63, 3.8) is 0 Å². The molecule has 1 heterocycles. The molecule has 0 saturated carbocycles. The Bertz CT molecular complexity index is 445. The summed E-state index contributed by atoms with van der Waals surface area (Å²) in [6.07, 6.45) is -3.43. The van der Waals surface area contributed by atoms with E-state index in [-0.39, 0.29) is 0 Å². The maximum absolute atomic E-state index is 12.6. The van der Waals surface area contributed by atoms with Crippen LogP contribution in [0.25, 0.3) is 0 Å². The van der Waals surface area contributed by atoms with E-state index >= 15 is 0 Å². The number of aryl methyl sites for hydroxylation is 1. The van der Waals surface area contributed by atoms with E-state index in [1.807, 2.05) is 24.0 Å². The number of hydrogen-bond acceptors (Lipinski definition) is 2. The van der Waals surface area contributed by atoms with Gasteiger partial charge in [-0.2, -0.15) is 13.2 Å². The van der Waals surface area contributed by atoms with Crippen LogP contribution in [0.15, 0.2) is 18.2 Å². The molecule has 1 aliphatic heterocycles. The zero-order valence-corrected chi connectivity index (χ0v) is 11.1. The van der Waals surface area contributed by atoms with E-state index in [4.69, 9.17) is 4.74 Å². The fraction of sp³-hybridized carbons (Fsp3) is 0.571. The predicted molar refractivity (Wildman–Crippen MR) is 68.8 cm³/mol. The van der Waals surface area contributed by atoms with Gasteiger partial charge in [0.2, 0.25) is 0 Å². The first kappa shape index (κ1) is 14.0. The fourth-order valence-electron chi connectivity index (χ4n) is 2.71. The van der Waals surface area contributed by atoms with E-state index in [1.54, 1.807) is 13.2 Å². The molecule has 1 aromatic rings. The molecule has 1 atom stereocenters. The van der Waals surface area contributed by atoms with Crippen LogP contribution in [0.2, 0.25) is 0 Å². The average molecular weight is 273 g/mol. The van der Waals surface area contributed by atoms with Crippen molar-refractivity contribution in [2.45, 2.75) is 38.4 Å². The highest BCUT2D eigenvalue weighted by Crippen LogP contribution is 2.35. The molecule has 0 aromatic heterocycles. The topological polar surface area (TPSA) is 12.5 Å². The molecule has 19 heavy (non-hydrogen) atoms. The number of hydrogen-bond donors (Lipinski definition) is 0. The number of methoxy groups -OCH3 is 1. The highest BCUT2D eigenvalue weighted by Gasteiger charge is 2.37. The molecular formula is C14H18F3NO. The molecule has 2 rings (SSSR count). The van der Waals surface area contributed by atoms with Gasteiger partial charge in [0.1, 0.15) is 5.75 Å². The molecule has 0 spiro atoms. The Kier molecular flexibility index (Phi) is 3.92. The van der Waals surface area contributed by atoms with Crippen molar-refractivity contribution in [2.75, 3.05) is 18.6 Å². The lowest BCUT2D eigenvalue weighted by Gasteiger charge is -2.29. The number of rotatable bonds is 3. The molecule has 1 aromatic carbocycles. The van der Waals surface area contributed by atoms with Gasteiger partial charge in [0.15, 0.2) is 0 Å². The second-order valence-electron chi connectivity index (χ2n) is 4.96. The Morgan fingerprint density at radius 2 is 2.11 bits per heavy atom. The van der Waals surface area contributed by atoms with Crippen molar-refractivity contribution >= 4 is 5.69 Å². The minimum atomic E-state index is -4.10. The van der Waals surface area contributed by atoms with Crippen LogP contribution < -0.4 is 9.64 Å². The smallest absolute Gasteiger partial charge is 0.391 e. The van der Waals surface area contributed by atoms with Gasteiger partial charge >= 0.3 is 6.18 Å². The van der Waals surface area contributed by atoms with Crippen molar-refractivity contribution in [3.8, 4) is 5.75 Å². The fourth-order valence-corrected chi connectivity index (χ4v) is 2.71. The molecule has 0 N–H and O–H groups in total. The number of benzene rings is 1. The highest BCUT2D eigenvalue weighted by molar-refractivity contribution is 5.57. The van der Waals surface area contributed by atoms with Crippen LogP contribution in [-0.2, 0) is 0 Å². The van der Waals surface area contributed by atoms with Crippen LogP contribution >= 0.6 is 0 Å². The SMILES string of the molecule is COc1ccc(N2CCCC2CC(F)(F)F)c(C)c1. The Balaban J connectivity index is 2.20. The van der Waals surface area contributed by atoms with Crippen molar-refractivity contribution in [2.24, 2.45) is 0 Å². The number of alkyl halides is 3. The van der Waals surface area contributed by atoms with Gasteiger partial charge in [-0.25, -0.2) is 0 Å². The van der Waals surface area contributed by atoms with Gasteiger partial charge < -0.3 is 9.64 Å². The zero-order chi connectivity index (χ0) is 14.0. The number of halogens is 3. The van der Waals surface area contributed by atoms with Crippen LogP contribution in [0.3, 0.4) is 0 Å². The second kappa shape index (κ2) is 5.31. The van der Waals surface area contributed by atoms with Gasteiger partial charge in [-0.3, -0.25) is 0 Å². The van der Waals surface area contributed by atoms with Crippen LogP contribution in [0, 0.1) is 6.92 Å². The molecule has 1 saturated heterocycles. The molecule has 1 fully saturated rings. The molecule has 5 heteroatoms. The first-order valence-corrected chi connectivity index (χ1v) is 6.39. The van der Waals surface area contributed by atoms with E-state index in [0.29, 0.717) is 13.0 Å². The highest BCUT2D eigenvalue weighted by atomic mass is 19.4. The Hall–Kier alpha value is -1.39. The summed E-state index contributed by atoms with van der Waals surface area (Å²) in [6, 6.07) is 5.07. The van der Waals surface area contributed by atoms with Gasteiger partial charge in [0.25, 0.3) is 0 Å². The predicted octanol–water partition coefficient (Wildman–Crippen LogP) is 3.92. The average Bonchev–Trinajstić information content (AvgIpc) is 2.74. The third kappa shape index (κ3) is 3.33. The monoisotopic (exact) mass is 273 g/mol. The Morgan fingerprint density at radius 1 is 1.37 bits per heavy atom. The Morgan fingerprint density at radius 3 is 2.68 bits per heavy atom. The molecule has 0 bridgehead atoms. The summed E-state index contributed by atoms with van der Waals surface area (Å²) < 4.78 is 42.8. The largest absolute Gasteiger partial charge is 0.497 e. The van der Waals surface area contributed by atoms with E-state index in [2.05, 4.69) is 0 Å². The molecule has 0 radical (unpaired) electrons. The number of ether oxygens (including phenoxy) is 1. The maximum atomic E-state index is 12.6. The van der Waals surface area contributed by atoms with E-state index in [9.17, 15) is 13.2 Å². The number of nitrogens with zero attached hydrogens (tertiary/aromatic N) is 1. The summed E-state index contributed by atoms with van der Waals surface area (Å²) in [6.45, 7) is 2.59. The van der Waals surface area contributed by atoms with Crippen LogP contribution in [0.1, 0.15) is 24.8 Å². The molecule has 1 unspecified atom stereocenters. The summed E-state index contributed by atoms with van der Waals surface area (Å²) in [7, 11) is 1.58. The minimum Gasteiger partial charge on any atom is -0.497 e. The second-order valence-corrected chi connectivity index (χ2v) is 4.96. The molecule has 0 aliphatic carbocycles. The zero-order valence-electron chi connectivity index (χ0n) is 11.1. The lowest BCUT2D eigenvalue weighted by Crippen LogP contribution is -2.33. The van der Waals surface area contributed by atoms with Gasteiger partial charge in [-0.15, -0.1) is 0 Å². The van der Waals surface area contributed by atoms with Gasteiger partial charge in [0, 0.05) is 18.3 Å². The first-order valence-electron chi connectivity index (χ1n) is 6.39. The lowest BCUT2D eigenvalue weighted by atomic mass is 10.1. The van der Waals surface area contributed by atoms with Crippen molar-refractivity contribution in [1.29, 1.82) is 0 Å². The van der Waals surface area contributed by atoms with E-state index in [1.165, 1.54) is 0 Å². The summed E-state index contributed by atoms with van der Waals surface area (Å²) in [4.78, 5) is 1.88. The van der Waals surface area contributed by atoms with Crippen molar-refractivity contribution in [1.82, 2.24) is 0 Å². The van der Waals surface area contributed by atoms with Crippen LogP contribution in [0.5, 0.6) is 5.75 Å². The van der Waals surface area contributed by atoms with Crippen molar-refractivity contribution in [3.05, 3.63) is 23.8 Å². The standard InChI is InChI=1S/C14H18F3NO/c1-10-8-12(19-2)5-6-13(10)18-7-3-4-11(18)9-14(15,16)17/h5-6,8,11H,3-4,7,9H2,1-2H3. The maximum Gasteiger partial charge on any atom is 0.391 e. The summed E-state index contributed by atoms with van der Waals surface area (Å²) in [5.41, 5.74) is 1.83. The van der Waals surface area contributed by atoms with Crippen LogP contribution in [0.4, 0.5) is 18.9 Å². The quantitative estimate of drug-likeness (QED) is 0.827. The normalized spacial score (nSPS) is 19.8. The number of anilines is 1. The first-order chi connectivity index (χ1) is 8.90. The van der Waals surface area contributed by atoms with Gasteiger partial charge in [-0.1, -0.05) is 0 Å². The molecule has 0 amide bonds. The Labute approximate surface area is 111 Å². The summed E-state index contributed by atoms with van der Waals surface area (Å²) in [5, 5.41) is 0. The van der Waals surface area contributed by atoms with Crippen molar-refractivity contribution < 1.29 is 17.9 Å². The molecular weight excluding hydrogens is 255 g/mol.